The van der Waals surface area contributed by atoms with Gasteiger partial charge >= 0.3 is 0 Å². The summed E-state index contributed by atoms with van der Waals surface area (Å²) in [5.74, 6) is 0. The maximum Gasteiger partial charge on any atom is 0.0983 e. The number of hydrogen-bond donors (Lipinski definition) is 0. The van der Waals surface area contributed by atoms with E-state index in [4.69, 9.17) is 9.47 Å². The van der Waals surface area contributed by atoms with Crippen LogP contribution in [0.5, 0.6) is 0 Å². The van der Waals surface area contributed by atoms with Gasteiger partial charge < -0.3 is 9.47 Å². The van der Waals surface area contributed by atoms with Crippen molar-refractivity contribution >= 4 is 27.3 Å². The van der Waals surface area contributed by atoms with E-state index in [0.29, 0.717) is 19.8 Å². The molecule has 1 aliphatic heterocycles. The molecule has 1 aromatic heterocycles. The van der Waals surface area contributed by atoms with Crippen LogP contribution in [-0.2, 0) is 14.9 Å². The quantitative estimate of drug-likeness (QED) is 0.770. The van der Waals surface area contributed by atoms with Gasteiger partial charge in [-0.25, -0.2) is 0 Å². The van der Waals surface area contributed by atoms with Crippen LogP contribution in [0.25, 0.3) is 0 Å². The molecule has 2 rings (SSSR count). The number of hydrogen-bond acceptors (Lipinski definition) is 3. The molecule has 96 valence electrons. The van der Waals surface area contributed by atoms with E-state index >= 15 is 0 Å². The number of rotatable bonds is 2. The molecule has 1 fully saturated rings. The van der Waals surface area contributed by atoms with Crippen molar-refractivity contribution in [1.29, 1.82) is 0 Å². The summed E-state index contributed by atoms with van der Waals surface area (Å²) in [5.41, 5.74) is 0.222. The van der Waals surface area contributed by atoms with Crippen molar-refractivity contribution in [2.24, 2.45) is 0 Å². The first-order valence-electron chi connectivity index (χ1n) is 5.92. The third kappa shape index (κ3) is 3.31. The fourth-order valence-corrected chi connectivity index (χ4v) is 3.60. The molecule has 0 aliphatic carbocycles. The Hall–Kier alpha value is 0.1000. The summed E-state index contributed by atoms with van der Waals surface area (Å²) in [7, 11) is 0. The molecule has 2 nitrogen and oxygen atoms in total. The van der Waals surface area contributed by atoms with Crippen molar-refractivity contribution < 1.29 is 9.47 Å². The van der Waals surface area contributed by atoms with Gasteiger partial charge in [0.25, 0.3) is 0 Å². The molecular weight excluding hydrogens is 300 g/mol. The molecule has 1 aromatic rings. The zero-order valence-corrected chi connectivity index (χ0v) is 12.9. The smallest absolute Gasteiger partial charge is 0.0983 e. The average Bonchev–Trinajstić information content (AvgIpc) is 2.78. The van der Waals surface area contributed by atoms with Crippen LogP contribution >= 0.6 is 27.3 Å². The molecular formula is C13H19BrO2S. The van der Waals surface area contributed by atoms with E-state index in [1.807, 2.05) is 11.3 Å². The van der Waals surface area contributed by atoms with Gasteiger partial charge in [0.1, 0.15) is 0 Å². The average molecular weight is 319 g/mol. The van der Waals surface area contributed by atoms with Crippen LogP contribution in [0.3, 0.4) is 0 Å². The van der Waals surface area contributed by atoms with E-state index in [-0.39, 0.29) is 16.3 Å². The van der Waals surface area contributed by atoms with Crippen molar-refractivity contribution in [2.75, 3.05) is 19.8 Å². The molecule has 1 aliphatic rings. The molecule has 0 aromatic carbocycles. The van der Waals surface area contributed by atoms with Crippen molar-refractivity contribution in [3.05, 3.63) is 21.9 Å². The lowest BCUT2D eigenvalue weighted by Gasteiger charge is -2.26. The molecule has 0 amide bonds. The number of halogens is 1. The minimum Gasteiger partial charge on any atom is -0.376 e. The summed E-state index contributed by atoms with van der Waals surface area (Å²) in [4.78, 5) is 2.98. The summed E-state index contributed by atoms with van der Waals surface area (Å²) in [5, 5.41) is 0. The number of alkyl halides is 1. The minimum atomic E-state index is 0.134. The molecule has 0 spiro atoms. The third-order valence-electron chi connectivity index (χ3n) is 2.81. The number of ether oxygens (including phenoxy) is 2. The predicted octanol–water partition coefficient (Wildman–Crippen LogP) is 3.90. The molecule has 1 saturated heterocycles. The van der Waals surface area contributed by atoms with Crippen molar-refractivity contribution in [3.8, 4) is 0 Å². The predicted molar refractivity (Wildman–Crippen MR) is 75.2 cm³/mol. The Morgan fingerprint density at radius 2 is 2.12 bits per heavy atom. The standard InChI is InChI=1S/C13H19BrO2S/c1-13(2,3)11-5-4-10(17-11)12(14)9-8-15-6-7-16-9/h4-5,9,12H,6-8H2,1-3H3. The fraction of sp³-hybridized carbons (Fsp3) is 0.692. The summed E-state index contributed by atoms with van der Waals surface area (Å²) >= 11 is 5.59. The van der Waals surface area contributed by atoms with E-state index in [1.165, 1.54) is 9.75 Å². The van der Waals surface area contributed by atoms with Gasteiger partial charge in [0.15, 0.2) is 0 Å². The van der Waals surface area contributed by atoms with Gasteiger partial charge in [-0.1, -0.05) is 36.7 Å². The lowest BCUT2D eigenvalue weighted by atomic mass is 9.95. The maximum atomic E-state index is 5.72. The van der Waals surface area contributed by atoms with Crippen LogP contribution in [0.1, 0.15) is 35.4 Å². The molecule has 2 atom stereocenters. The molecule has 4 heteroatoms. The fourth-order valence-electron chi connectivity index (χ4n) is 1.76. The van der Waals surface area contributed by atoms with Crippen LogP contribution in [0.15, 0.2) is 12.1 Å². The third-order valence-corrected chi connectivity index (χ3v) is 5.79. The normalized spacial score (nSPS) is 23.6. The summed E-state index contributed by atoms with van der Waals surface area (Å²) in [6.45, 7) is 8.82. The van der Waals surface area contributed by atoms with Crippen molar-refractivity contribution in [1.82, 2.24) is 0 Å². The minimum absolute atomic E-state index is 0.134. The highest BCUT2D eigenvalue weighted by Crippen LogP contribution is 2.38. The second kappa shape index (κ2) is 5.39. The van der Waals surface area contributed by atoms with Crippen LogP contribution in [0.2, 0.25) is 0 Å². The largest absolute Gasteiger partial charge is 0.376 e. The van der Waals surface area contributed by atoms with Gasteiger partial charge in [0.2, 0.25) is 0 Å². The van der Waals surface area contributed by atoms with Gasteiger partial charge in [-0.15, -0.1) is 11.3 Å². The van der Waals surface area contributed by atoms with E-state index in [9.17, 15) is 0 Å². The topological polar surface area (TPSA) is 18.5 Å². The highest BCUT2D eigenvalue weighted by molar-refractivity contribution is 9.09. The van der Waals surface area contributed by atoms with E-state index in [1.54, 1.807) is 0 Å². The summed E-state index contributed by atoms with van der Waals surface area (Å²) < 4.78 is 11.2. The first-order chi connectivity index (χ1) is 7.98. The Morgan fingerprint density at radius 3 is 2.65 bits per heavy atom. The Kier molecular flexibility index (Phi) is 4.29. The molecule has 0 saturated carbocycles. The van der Waals surface area contributed by atoms with E-state index < -0.39 is 0 Å². The van der Waals surface area contributed by atoms with Crippen molar-refractivity contribution in [3.63, 3.8) is 0 Å². The monoisotopic (exact) mass is 318 g/mol. The van der Waals surface area contributed by atoms with Gasteiger partial charge in [-0.2, -0.15) is 0 Å². The molecule has 17 heavy (non-hydrogen) atoms. The zero-order chi connectivity index (χ0) is 12.5. The second-order valence-electron chi connectivity index (χ2n) is 5.34. The van der Waals surface area contributed by atoms with E-state index in [0.717, 1.165) is 0 Å². The molecule has 0 N–H and O–H groups in total. The van der Waals surface area contributed by atoms with Gasteiger partial charge in [-0.3, -0.25) is 0 Å². The van der Waals surface area contributed by atoms with Gasteiger partial charge in [0.05, 0.1) is 30.8 Å². The Morgan fingerprint density at radius 1 is 1.35 bits per heavy atom. The molecule has 0 radical (unpaired) electrons. The van der Waals surface area contributed by atoms with Crippen LogP contribution in [0.4, 0.5) is 0 Å². The van der Waals surface area contributed by atoms with Gasteiger partial charge in [-0.05, 0) is 17.5 Å². The first-order valence-corrected chi connectivity index (χ1v) is 7.65. The lowest BCUT2D eigenvalue weighted by Crippen LogP contribution is -2.31. The Bertz CT molecular complexity index is 364. The second-order valence-corrected chi connectivity index (χ2v) is 7.44. The molecule has 0 bridgehead atoms. The van der Waals surface area contributed by atoms with Crippen LogP contribution in [-0.4, -0.2) is 25.9 Å². The Labute approximate surface area is 115 Å². The summed E-state index contributed by atoms with van der Waals surface area (Å²) in [6.07, 6.45) is 0.134. The molecule has 2 unspecified atom stereocenters. The van der Waals surface area contributed by atoms with Gasteiger partial charge in [0, 0.05) is 9.75 Å². The SMILES string of the molecule is CC(C)(C)c1ccc(C(Br)C2COCCO2)s1. The number of thiophene rings is 1. The molecule has 2 heterocycles. The Balaban J connectivity index is 2.08. The first kappa shape index (κ1) is 13.5. The maximum absolute atomic E-state index is 5.72. The van der Waals surface area contributed by atoms with Crippen molar-refractivity contribution in [2.45, 2.75) is 37.1 Å². The van der Waals surface area contributed by atoms with Crippen LogP contribution < -0.4 is 0 Å². The lowest BCUT2D eigenvalue weighted by molar-refractivity contribution is -0.0873. The zero-order valence-electron chi connectivity index (χ0n) is 10.5. The van der Waals surface area contributed by atoms with E-state index in [2.05, 4.69) is 48.8 Å². The summed E-state index contributed by atoms with van der Waals surface area (Å²) in [6, 6.07) is 4.42. The highest BCUT2D eigenvalue weighted by Gasteiger charge is 2.27. The highest BCUT2D eigenvalue weighted by atomic mass is 79.9. The van der Waals surface area contributed by atoms with Crippen LogP contribution in [0, 0.1) is 0 Å².